The van der Waals surface area contributed by atoms with Crippen molar-refractivity contribution in [3.8, 4) is 5.75 Å². The Morgan fingerprint density at radius 2 is 1.93 bits per heavy atom. The van der Waals surface area contributed by atoms with Gasteiger partial charge in [0, 0.05) is 0 Å². The average Bonchev–Trinajstić information content (AvgIpc) is 3.48. The van der Waals surface area contributed by atoms with Crippen LogP contribution in [0.1, 0.15) is 27.0 Å². The van der Waals surface area contributed by atoms with Crippen molar-refractivity contribution in [1.29, 1.82) is 0 Å². The molecule has 19 heteroatoms. The number of aromatic amines is 1. The zero-order valence-electron chi connectivity index (χ0n) is 24.4. The fourth-order valence-electron chi connectivity index (χ4n) is 4.77. The Labute approximate surface area is 263 Å². The molecule has 1 aliphatic heterocycles. The van der Waals surface area contributed by atoms with Crippen LogP contribution in [0.4, 0.5) is 23.5 Å². The summed E-state index contributed by atoms with van der Waals surface area (Å²) in [6.07, 6.45) is -8.81. The first-order valence-corrected chi connectivity index (χ1v) is 16.4. The molecule has 46 heavy (non-hydrogen) atoms. The van der Waals surface area contributed by atoms with Gasteiger partial charge in [-0.3, -0.25) is 19.1 Å². The lowest BCUT2D eigenvalue weighted by molar-refractivity contribution is -0.241. The van der Waals surface area contributed by atoms with Crippen LogP contribution in [0.25, 0.3) is 21.9 Å². The lowest BCUT2D eigenvalue weighted by atomic mass is 9.95. The number of H-pyrrole nitrogens is 1. The number of aliphatic hydroxyl groups is 1. The number of ether oxygens (including phenoxy) is 2. The van der Waals surface area contributed by atoms with Crippen LogP contribution in [0.15, 0.2) is 53.6 Å². The van der Waals surface area contributed by atoms with Crippen LogP contribution in [0.5, 0.6) is 5.75 Å². The van der Waals surface area contributed by atoms with Gasteiger partial charge in [0.05, 0.1) is 19.0 Å². The van der Waals surface area contributed by atoms with Crippen molar-refractivity contribution >= 4 is 52.3 Å². The van der Waals surface area contributed by atoms with E-state index in [1.807, 2.05) is 12.1 Å². The molecule has 5 rings (SSSR count). The van der Waals surface area contributed by atoms with Crippen LogP contribution < -0.4 is 20.9 Å². The molecular weight excluding hydrogens is 659 g/mol. The van der Waals surface area contributed by atoms with E-state index < -0.39 is 78.8 Å². The maximum Gasteiger partial charge on any atom is 0.323 e. The third kappa shape index (κ3) is 6.20. The molecule has 4 aromatic rings. The van der Waals surface area contributed by atoms with E-state index in [1.54, 1.807) is 38.1 Å². The average molecular weight is 689 g/mol. The van der Waals surface area contributed by atoms with Crippen molar-refractivity contribution in [1.82, 2.24) is 24.6 Å². The molecule has 3 heterocycles. The number of fused-ring (bicyclic) bond motifs is 2. The number of aromatic nitrogens is 4. The number of alkyl halides is 4. The highest BCUT2D eigenvalue weighted by Gasteiger charge is 2.74. The molecule has 5 atom stereocenters. The van der Waals surface area contributed by atoms with Gasteiger partial charge in [-0.05, 0) is 55.5 Å². The maximum absolute atomic E-state index is 15.8. The van der Waals surface area contributed by atoms with Crippen LogP contribution in [0, 0.1) is 0 Å². The molecule has 5 N–H and O–H groups in total. The topological polar surface area (TPSA) is 176 Å². The second-order valence-corrected chi connectivity index (χ2v) is 13.9. The minimum Gasteiger partial charge on any atom is -0.462 e. The molecule has 248 valence electrons. The number of carbonyl (C=O) groups excluding carboxylic acids is 1. The molecule has 1 saturated heterocycles. The normalized spacial score (nSPS) is 23.2. The molecule has 13 nitrogen and oxygen atoms in total. The van der Waals surface area contributed by atoms with E-state index in [4.69, 9.17) is 36.1 Å². The molecule has 1 fully saturated rings. The molecule has 0 saturated carbocycles. The Balaban J connectivity index is 1.49. The summed E-state index contributed by atoms with van der Waals surface area (Å²) in [6, 6.07) is 10.7. The van der Waals surface area contributed by atoms with E-state index in [2.05, 4.69) is 20.0 Å². The number of nitrogens with one attached hydrogen (secondary N) is 2. The molecule has 0 bridgehead atoms. The van der Waals surface area contributed by atoms with Crippen LogP contribution in [-0.2, 0) is 30.6 Å². The largest absolute Gasteiger partial charge is 0.462 e. The van der Waals surface area contributed by atoms with Crippen molar-refractivity contribution in [3.05, 3.63) is 59.1 Å². The summed E-state index contributed by atoms with van der Waals surface area (Å²) in [5.41, 5.74) is 0.134. The predicted octanol–water partition coefficient (Wildman–Crippen LogP) is 3.63. The van der Waals surface area contributed by atoms with Crippen molar-refractivity contribution in [2.24, 2.45) is 0 Å². The van der Waals surface area contributed by atoms with Gasteiger partial charge in [0.1, 0.15) is 11.8 Å². The number of nitrogens with two attached hydrogens (primary N) is 1. The van der Waals surface area contributed by atoms with Crippen molar-refractivity contribution in [2.45, 2.75) is 63.2 Å². The van der Waals surface area contributed by atoms with E-state index >= 15 is 8.78 Å². The number of halogens is 4. The van der Waals surface area contributed by atoms with Crippen LogP contribution in [-0.4, -0.2) is 73.4 Å². The number of nitrogen functional groups attached to an aromatic ring is 1. The number of imidazole rings is 1. The SMILES string of the molecule is CC(C)OC(=O)C(C)NP(=S)(OCC1(C(F)F)OC(n2cnc3c(=O)[nH]c(N)nc32)C(O)C1(F)F)Oc1ccc2ccccc2c1. The zero-order chi connectivity index (χ0) is 33.6. The third-order valence-electron chi connectivity index (χ3n) is 7.07. The van der Waals surface area contributed by atoms with Gasteiger partial charge >= 0.3 is 18.5 Å². The minimum atomic E-state index is -4.68. The number of anilines is 1. The van der Waals surface area contributed by atoms with Gasteiger partial charge in [0.25, 0.3) is 12.0 Å². The number of rotatable bonds is 11. The van der Waals surface area contributed by atoms with E-state index in [1.165, 1.54) is 13.0 Å². The molecule has 0 amide bonds. The van der Waals surface area contributed by atoms with Crippen molar-refractivity contribution in [3.63, 3.8) is 0 Å². The molecule has 5 unspecified atom stereocenters. The number of carbonyl (C=O) groups is 1. The lowest BCUT2D eigenvalue weighted by Crippen LogP contribution is -2.57. The van der Waals surface area contributed by atoms with E-state index in [-0.39, 0.29) is 11.3 Å². The Bertz CT molecular complexity index is 1880. The highest BCUT2D eigenvalue weighted by atomic mass is 32.5. The first kappa shape index (κ1) is 33.7. The maximum atomic E-state index is 15.8. The van der Waals surface area contributed by atoms with Gasteiger partial charge in [-0.25, -0.2) is 18.9 Å². The fourth-order valence-corrected chi connectivity index (χ4v) is 7.18. The third-order valence-corrected chi connectivity index (χ3v) is 9.55. The van der Waals surface area contributed by atoms with E-state index in [9.17, 15) is 23.5 Å². The molecule has 0 aliphatic carbocycles. The van der Waals surface area contributed by atoms with Crippen molar-refractivity contribution in [2.75, 3.05) is 12.3 Å². The molecule has 0 spiro atoms. The molecule has 2 aromatic heterocycles. The first-order chi connectivity index (χ1) is 21.6. The van der Waals surface area contributed by atoms with Gasteiger partial charge in [-0.2, -0.15) is 13.8 Å². The molecular formula is C27H29F4N6O7PS. The summed E-state index contributed by atoms with van der Waals surface area (Å²) in [5, 5.41) is 14.8. The van der Waals surface area contributed by atoms with E-state index in [0.717, 1.165) is 11.7 Å². The summed E-state index contributed by atoms with van der Waals surface area (Å²) in [4.78, 5) is 34.5. The Hall–Kier alpha value is -3.67. The quantitative estimate of drug-likeness (QED) is 0.102. The lowest BCUT2D eigenvalue weighted by Gasteiger charge is -2.35. The fraction of sp³-hybridized carbons (Fsp3) is 0.407. The second kappa shape index (κ2) is 12.5. The van der Waals surface area contributed by atoms with Gasteiger partial charge in [-0.15, -0.1) is 0 Å². The summed E-state index contributed by atoms with van der Waals surface area (Å²) in [7, 11) is 0. The Morgan fingerprint density at radius 3 is 2.61 bits per heavy atom. The van der Waals surface area contributed by atoms with Gasteiger partial charge < -0.3 is 29.4 Å². The standard InChI is InChI=1S/C27H29F4N6O7PS/c1-13(2)42-23(40)14(3)36-45(46,44-17-9-8-15-6-4-5-7-16(15)10-17)41-11-26(24(28)29)27(30,31)19(38)22(43-26)37-12-33-18-20(37)34-25(32)35-21(18)39/h4-10,12-14,19,22,24,38H,11H2,1-3H3,(H,36,46)(H3,32,34,35,39). The number of hydrogen-bond donors (Lipinski definition) is 4. The smallest absolute Gasteiger partial charge is 0.323 e. The van der Waals surface area contributed by atoms with Crippen LogP contribution >= 0.6 is 6.64 Å². The minimum absolute atomic E-state index is 0.0841. The van der Waals surface area contributed by atoms with Crippen LogP contribution in [0.2, 0.25) is 0 Å². The molecule has 1 aliphatic rings. The van der Waals surface area contributed by atoms with Gasteiger partial charge in [0.15, 0.2) is 23.5 Å². The number of hydrogen-bond acceptors (Lipinski definition) is 11. The van der Waals surface area contributed by atoms with E-state index in [0.29, 0.717) is 9.95 Å². The number of nitrogens with zero attached hydrogens (tertiary/aromatic N) is 3. The van der Waals surface area contributed by atoms with Crippen LogP contribution in [0.3, 0.4) is 0 Å². The Morgan fingerprint density at radius 1 is 1.24 bits per heavy atom. The predicted molar refractivity (Wildman–Crippen MR) is 161 cm³/mol. The summed E-state index contributed by atoms with van der Waals surface area (Å²) < 4.78 is 83.6. The van der Waals surface area contributed by atoms with Gasteiger partial charge in [0.2, 0.25) is 11.5 Å². The number of aliphatic hydroxyl groups excluding tert-OH is 1. The highest BCUT2D eigenvalue weighted by molar-refractivity contribution is 8.09. The molecule has 2 aromatic carbocycles. The Kier molecular flexibility index (Phi) is 9.15. The van der Waals surface area contributed by atoms with Gasteiger partial charge in [-0.1, -0.05) is 30.3 Å². The summed E-state index contributed by atoms with van der Waals surface area (Å²) >= 11 is 5.55. The molecule has 0 radical (unpaired) electrons. The first-order valence-electron chi connectivity index (χ1n) is 13.7. The summed E-state index contributed by atoms with van der Waals surface area (Å²) in [5.74, 6) is -5.82. The second-order valence-electron chi connectivity index (χ2n) is 10.7. The zero-order valence-corrected chi connectivity index (χ0v) is 26.1. The number of benzene rings is 2. The monoisotopic (exact) mass is 688 g/mol. The summed E-state index contributed by atoms with van der Waals surface area (Å²) in [6.45, 7) is -1.23. The number of esters is 1. The van der Waals surface area contributed by atoms with Crippen molar-refractivity contribution < 1.29 is 46.0 Å². The highest BCUT2D eigenvalue weighted by Crippen LogP contribution is 2.55.